The topological polar surface area (TPSA) is 122 Å². The predicted molar refractivity (Wildman–Crippen MR) is 93.4 cm³/mol. The van der Waals surface area contributed by atoms with Crippen molar-refractivity contribution in [3.05, 3.63) is 69.8 Å². The largest absolute Gasteiger partial charge is 0.449 e. The molecule has 0 amide bonds. The Balaban J connectivity index is 1.61. The molecule has 0 unspecified atom stereocenters. The molecule has 0 bridgehead atoms. The van der Waals surface area contributed by atoms with E-state index in [0.29, 0.717) is 5.89 Å². The Morgan fingerprint density at radius 2 is 1.93 bits per heavy atom. The Hall–Kier alpha value is -3.75. The van der Waals surface area contributed by atoms with Gasteiger partial charge in [-0.25, -0.2) is 4.79 Å². The third-order valence-corrected chi connectivity index (χ3v) is 3.56. The average Bonchev–Trinajstić information content (AvgIpc) is 3.30. The van der Waals surface area contributed by atoms with Crippen LogP contribution < -0.4 is 0 Å². The number of carbonyl (C=O) groups excluding carboxylic acids is 1. The second-order valence-electron chi connectivity index (χ2n) is 5.66. The molecular formula is C18H15N3O6. The lowest BCUT2D eigenvalue weighted by Crippen LogP contribution is -2.06. The lowest BCUT2D eigenvalue weighted by atomic mass is 10.1. The van der Waals surface area contributed by atoms with Gasteiger partial charge in [-0.2, -0.15) is 0 Å². The standard InChI is InChI=1S/C18H15N3O6/c1-11-3-5-13(6-4-11)18-20-19-17(27-18)12(2)25-16(22)10-8-14-7-9-15(26-14)21(23)24/h3-10,12H,1-2H3/b10-8+/t12-/m1/s1. The second kappa shape index (κ2) is 7.65. The van der Waals surface area contributed by atoms with Gasteiger partial charge in [0.1, 0.15) is 10.7 Å². The van der Waals surface area contributed by atoms with Crippen molar-refractivity contribution < 1.29 is 23.3 Å². The van der Waals surface area contributed by atoms with Crippen LogP contribution in [0.1, 0.15) is 30.2 Å². The van der Waals surface area contributed by atoms with Gasteiger partial charge in [0.25, 0.3) is 5.89 Å². The van der Waals surface area contributed by atoms with Crippen LogP contribution in [0.2, 0.25) is 0 Å². The molecule has 2 heterocycles. The maximum absolute atomic E-state index is 11.9. The minimum atomic E-state index is -0.764. The number of esters is 1. The summed E-state index contributed by atoms with van der Waals surface area (Å²) in [5, 5.41) is 18.4. The van der Waals surface area contributed by atoms with Crippen LogP contribution >= 0.6 is 0 Å². The number of nitro groups is 1. The number of ether oxygens (including phenoxy) is 1. The van der Waals surface area contributed by atoms with Gasteiger partial charge in [-0.05, 0) is 38.1 Å². The molecule has 0 aliphatic heterocycles. The lowest BCUT2D eigenvalue weighted by molar-refractivity contribution is -0.402. The van der Waals surface area contributed by atoms with Crippen molar-refractivity contribution in [3.8, 4) is 11.5 Å². The van der Waals surface area contributed by atoms with Gasteiger partial charge in [-0.3, -0.25) is 10.1 Å². The molecule has 9 nitrogen and oxygen atoms in total. The fraction of sp³-hybridized carbons (Fsp3) is 0.167. The third-order valence-electron chi connectivity index (χ3n) is 3.56. The fourth-order valence-electron chi connectivity index (χ4n) is 2.16. The van der Waals surface area contributed by atoms with E-state index < -0.39 is 22.9 Å². The van der Waals surface area contributed by atoms with Crippen molar-refractivity contribution in [2.45, 2.75) is 20.0 Å². The zero-order valence-corrected chi connectivity index (χ0v) is 14.5. The van der Waals surface area contributed by atoms with Crippen LogP contribution in [-0.2, 0) is 9.53 Å². The molecule has 138 valence electrons. The molecule has 0 aliphatic carbocycles. The minimum Gasteiger partial charge on any atom is -0.449 e. The van der Waals surface area contributed by atoms with Crippen molar-refractivity contribution in [2.24, 2.45) is 0 Å². The highest BCUT2D eigenvalue weighted by Crippen LogP contribution is 2.23. The van der Waals surface area contributed by atoms with Crippen molar-refractivity contribution in [2.75, 3.05) is 0 Å². The zero-order chi connectivity index (χ0) is 19.4. The van der Waals surface area contributed by atoms with E-state index in [1.807, 2.05) is 31.2 Å². The normalized spacial score (nSPS) is 12.2. The van der Waals surface area contributed by atoms with Gasteiger partial charge in [0, 0.05) is 11.6 Å². The van der Waals surface area contributed by atoms with Gasteiger partial charge >= 0.3 is 11.9 Å². The van der Waals surface area contributed by atoms with Crippen LogP contribution in [0.5, 0.6) is 0 Å². The lowest BCUT2D eigenvalue weighted by Gasteiger charge is -2.06. The highest BCUT2D eigenvalue weighted by molar-refractivity contribution is 5.86. The van der Waals surface area contributed by atoms with E-state index in [9.17, 15) is 14.9 Å². The molecule has 3 rings (SSSR count). The number of aryl methyl sites for hydroxylation is 1. The zero-order valence-electron chi connectivity index (χ0n) is 14.5. The van der Waals surface area contributed by atoms with E-state index in [1.165, 1.54) is 18.2 Å². The van der Waals surface area contributed by atoms with E-state index in [0.717, 1.165) is 17.2 Å². The third kappa shape index (κ3) is 4.46. The van der Waals surface area contributed by atoms with Crippen LogP contribution in [-0.4, -0.2) is 21.1 Å². The van der Waals surface area contributed by atoms with Gasteiger partial charge < -0.3 is 13.6 Å². The van der Waals surface area contributed by atoms with Gasteiger partial charge in [0.2, 0.25) is 5.89 Å². The first-order chi connectivity index (χ1) is 12.9. The number of furan rings is 1. The SMILES string of the molecule is Cc1ccc(-c2nnc([C@@H](C)OC(=O)/C=C/c3ccc([N+](=O)[O-])o3)o2)cc1. The number of hydrogen-bond acceptors (Lipinski definition) is 8. The Bertz CT molecular complexity index is 987. The molecule has 0 spiro atoms. The summed E-state index contributed by atoms with van der Waals surface area (Å²) in [5.74, 6) is -0.458. The van der Waals surface area contributed by atoms with Crippen LogP contribution in [0.4, 0.5) is 5.88 Å². The maximum Gasteiger partial charge on any atom is 0.433 e. The van der Waals surface area contributed by atoms with Crippen LogP contribution in [0, 0.1) is 17.0 Å². The first kappa shape index (κ1) is 18.1. The molecule has 0 aliphatic rings. The molecule has 3 aromatic rings. The highest BCUT2D eigenvalue weighted by Gasteiger charge is 2.18. The van der Waals surface area contributed by atoms with E-state index >= 15 is 0 Å². The van der Waals surface area contributed by atoms with Crippen molar-refractivity contribution >= 4 is 17.9 Å². The molecule has 0 N–H and O–H groups in total. The number of hydrogen-bond donors (Lipinski definition) is 0. The van der Waals surface area contributed by atoms with E-state index in [-0.39, 0.29) is 11.7 Å². The average molecular weight is 369 g/mol. The Kier molecular flexibility index (Phi) is 5.11. The van der Waals surface area contributed by atoms with E-state index in [4.69, 9.17) is 13.6 Å². The van der Waals surface area contributed by atoms with Gasteiger partial charge in [-0.15, -0.1) is 10.2 Å². The summed E-state index contributed by atoms with van der Waals surface area (Å²) >= 11 is 0. The molecule has 0 saturated carbocycles. The van der Waals surface area contributed by atoms with E-state index in [2.05, 4.69) is 10.2 Å². The smallest absolute Gasteiger partial charge is 0.433 e. The highest BCUT2D eigenvalue weighted by atomic mass is 16.6. The van der Waals surface area contributed by atoms with Crippen LogP contribution in [0.15, 0.2) is 51.3 Å². The van der Waals surface area contributed by atoms with E-state index in [1.54, 1.807) is 6.92 Å². The Labute approximate surface area is 153 Å². The van der Waals surface area contributed by atoms with Gasteiger partial charge in [-0.1, -0.05) is 17.7 Å². The summed E-state index contributed by atoms with van der Waals surface area (Å²) in [6.45, 7) is 3.56. The molecule has 9 heteroatoms. The van der Waals surface area contributed by atoms with Gasteiger partial charge in [0.15, 0.2) is 6.10 Å². The van der Waals surface area contributed by atoms with Crippen LogP contribution in [0.3, 0.4) is 0 Å². The Morgan fingerprint density at radius 3 is 2.59 bits per heavy atom. The predicted octanol–water partition coefficient (Wildman–Crippen LogP) is 3.86. The monoisotopic (exact) mass is 369 g/mol. The van der Waals surface area contributed by atoms with Crippen molar-refractivity contribution in [1.82, 2.24) is 10.2 Å². The minimum absolute atomic E-state index is 0.154. The first-order valence-electron chi connectivity index (χ1n) is 7.96. The molecular weight excluding hydrogens is 354 g/mol. The number of nitrogens with zero attached hydrogens (tertiary/aromatic N) is 3. The van der Waals surface area contributed by atoms with Crippen LogP contribution in [0.25, 0.3) is 17.5 Å². The molecule has 0 radical (unpaired) electrons. The second-order valence-corrected chi connectivity index (χ2v) is 5.66. The summed E-state index contributed by atoms with van der Waals surface area (Å²) < 4.78 is 15.6. The fourth-order valence-corrected chi connectivity index (χ4v) is 2.16. The molecule has 27 heavy (non-hydrogen) atoms. The number of carbonyl (C=O) groups is 1. The summed E-state index contributed by atoms with van der Waals surface area (Å²) in [5.41, 5.74) is 1.87. The summed E-state index contributed by atoms with van der Waals surface area (Å²) in [6, 6.07) is 10.1. The molecule has 1 atom stereocenters. The molecule has 0 saturated heterocycles. The molecule has 2 aromatic heterocycles. The Morgan fingerprint density at radius 1 is 1.19 bits per heavy atom. The quantitative estimate of drug-likeness (QED) is 0.278. The first-order valence-corrected chi connectivity index (χ1v) is 7.96. The van der Waals surface area contributed by atoms with Crippen molar-refractivity contribution in [3.63, 3.8) is 0 Å². The summed E-state index contributed by atoms with van der Waals surface area (Å²) in [6.07, 6.45) is 1.60. The maximum atomic E-state index is 11.9. The number of benzene rings is 1. The van der Waals surface area contributed by atoms with Crippen molar-refractivity contribution in [1.29, 1.82) is 0 Å². The molecule has 1 aromatic carbocycles. The molecule has 0 fully saturated rings. The van der Waals surface area contributed by atoms with Gasteiger partial charge in [0.05, 0.1) is 6.07 Å². The summed E-state index contributed by atoms with van der Waals surface area (Å²) in [7, 11) is 0. The summed E-state index contributed by atoms with van der Waals surface area (Å²) in [4.78, 5) is 21.8. The number of rotatable bonds is 6. The number of aromatic nitrogens is 2.